The number of Topliss-reactive ketones (excluding diaryl/α,β-unsaturated/α-hetero) is 1. The molecule has 0 saturated heterocycles. The lowest BCUT2D eigenvalue weighted by Crippen LogP contribution is -2.39. The van der Waals surface area contributed by atoms with Crippen molar-refractivity contribution in [3.8, 4) is 0 Å². The molecule has 0 fully saturated rings. The topological polar surface area (TPSA) is 46.3 Å². The van der Waals surface area contributed by atoms with Gasteiger partial charge in [-0.2, -0.15) is 0 Å². The van der Waals surface area contributed by atoms with Crippen LogP contribution in [0.4, 0.5) is 11.4 Å². The first-order chi connectivity index (χ1) is 8.63. The van der Waals surface area contributed by atoms with Gasteiger partial charge in [-0.3, -0.25) is 4.79 Å². The fourth-order valence-electron chi connectivity index (χ4n) is 2.75. The largest absolute Gasteiger partial charge is 0.399 e. The molecule has 98 valence electrons. The summed E-state index contributed by atoms with van der Waals surface area (Å²) in [5.74, 6) is 0.271. The molecule has 1 aliphatic heterocycles. The molecule has 0 radical (unpaired) electrons. The van der Waals surface area contributed by atoms with E-state index in [1.807, 2.05) is 12.1 Å². The molecule has 0 spiro atoms. The van der Waals surface area contributed by atoms with Gasteiger partial charge in [-0.15, -0.1) is 0 Å². The highest BCUT2D eigenvalue weighted by molar-refractivity contribution is 5.86. The highest BCUT2D eigenvalue weighted by Crippen LogP contribution is 2.32. The lowest BCUT2D eigenvalue weighted by Gasteiger charge is -2.28. The molecule has 0 saturated carbocycles. The molecule has 2 N–H and O–H groups in total. The maximum Gasteiger partial charge on any atom is 0.152 e. The number of benzene rings is 1. The van der Waals surface area contributed by atoms with Gasteiger partial charge in [-0.1, -0.05) is 19.8 Å². The third-order valence-electron chi connectivity index (χ3n) is 3.71. The van der Waals surface area contributed by atoms with Crippen molar-refractivity contribution in [2.45, 2.75) is 45.6 Å². The van der Waals surface area contributed by atoms with E-state index in [2.05, 4.69) is 17.9 Å². The summed E-state index contributed by atoms with van der Waals surface area (Å²) in [6.07, 6.45) is 4.18. The molecule has 1 unspecified atom stereocenters. The number of hydrogen-bond donors (Lipinski definition) is 1. The third kappa shape index (κ3) is 2.50. The second-order valence-electron chi connectivity index (χ2n) is 5.10. The summed E-state index contributed by atoms with van der Waals surface area (Å²) >= 11 is 0. The number of carbonyl (C=O) groups excluding carboxylic acids is 1. The standard InChI is InChI=1S/C15H22N2O/c1-3-4-5-14(11(2)18)17-9-8-12-10-13(16)6-7-15(12)17/h6-7,10,14H,3-5,8-9,16H2,1-2H3. The fourth-order valence-corrected chi connectivity index (χ4v) is 2.75. The van der Waals surface area contributed by atoms with Crippen molar-refractivity contribution in [3.63, 3.8) is 0 Å². The molecule has 0 bridgehead atoms. The number of anilines is 2. The first-order valence-electron chi connectivity index (χ1n) is 6.79. The van der Waals surface area contributed by atoms with Crippen molar-refractivity contribution in [1.82, 2.24) is 0 Å². The first kappa shape index (κ1) is 12.9. The number of rotatable bonds is 5. The number of carbonyl (C=O) groups is 1. The zero-order valence-electron chi connectivity index (χ0n) is 11.3. The molecule has 1 atom stereocenters. The Morgan fingerprint density at radius 2 is 2.28 bits per heavy atom. The van der Waals surface area contributed by atoms with Crippen molar-refractivity contribution in [3.05, 3.63) is 23.8 Å². The maximum atomic E-state index is 11.8. The number of hydrogen-bond acceptors (Lipinski definition) is 3. The molecule has 1 aromatic carbocycles. The Balaban J connectivity index is 2.22. The normalized spacial score (nSPS) is 15.6. The van der Waals surface area contributed by atoms with E-state index in [1.165, 1.54) is 11.3 Å². The molecule has 2 rings (SSSR count). The molecule has 0 amide bonds. The smallest absolute Gasteiger partial charge is 0.152 e. The number of nitrogen functional groups attached to an aromatic ring is 1. The van der Waals surface area contributed by atoms with E-state index >= 15 is 0 Å². The molecule has 1 heterocycles. The summed E-state index contributed by atoms with van der Waals surface area (Å²) in [7, 11) is 0. The van der Waals surface area contributed by atoms with Crippen LogP contribution in [0.25, 0.3) is 0 Å². The zero-order valence-corrected chi connectivity index (χ0v) is 11.3. The minimum Gasteiger partial charge on any atom is -0.399 e. The van der Waals surface area contributed by atoms with Crippen LogP contribution in [0.5, 0.6) is 0 Å². The van der Waals surface area contributed by atoms with E-state index in [4.69, 9.17) is 5.73 Å². The van der Waals surface area contributed by atoms with Crippen LogP contribution in [0.2, 0.25) is 0 Å². The summed E-state index contributed by atoms with van der Waals surface area (Å²) in [5, 5.41) is 0. The maximum absolute atomic E-state index is 11.8. The van der Waals surface area contributed by atoms with Crippen LogP contribution in [0.15, 0.2) is 18.2 Å². The minimum absolute atomic E-state index is 0.0369. The van der Waals surface area contributed by atoms with Gasteiger partial charge in [0, 0.05) is 17.9 Å². The lowest BCUT2D eigenvalue weighted by atomic mass is 10.0. The van der Waals surface area contributed by atoms with Crippen LogP contribution in [-0.4, -0.2) is 18.4 Å². The summed E-state index contributed by atoms with van der Waals surface area (Å²) in [6, 6.07) is 6.05. The Labute approximate surface area is 109 Å². The second-order valence-corrected chi connectivity index (χ2v) is 5.10. The Morgan fingerprint density at radius 3 is 2.94 bits per heavy atom. The van der Waals surface area contributed by atoms with Crippen molar-refractivity contribution in [1.29, 1.82) is 0 Å². The van der Waals surface area contributed by atoms with Gasteiger partial charge in [-0.25, -0.2) is 0 Å². The van der Waals surface area contributed by atoms with E-state index < -0.39 is 0 Å². The summed E-state index contributed by atoms with van der Waals surface area (Å²) in [5.41, 5.74) is 9.09. The number of unbranched alkanes of at least 4 members (excludes halogenated alkanes) is 1. The van der Waals surface area contributed by atoms with E-state index in [-0.39, 0.29) is 11.8 Å². The minimum atomic E-state index is 0.0369. The summed E-state index contributed by atoms with van der Waals surface area (Å²) < 4.78 is 0. The quantitative estimate of drug-likeness (QED) is 0.813. The van der Waals surface area contributed by atoms with Gasteiger partial charge < -0.3 is 10.6 Å². The van der Waals surface area contributed by atoms with E-state index in [0.717, 1.165) is 37.9 Å². The number of nitrogens with zero attached hydrogens (tertiary/aromatic N) is 1. The SMILES string of the molecule is CCCCC(C(C)=O)N1CCc2cc(N)ccc21. The molecule has 1 aliphatic rings. The highest BCUT2D eigenvalue weighted by atomic mass is 16.1. The van der Waals surface area contributed by atoms with Crippen LogP contribution < -0.4 is 10.6 Å². The Kier molecular flexibility index (Phi) is 3.90. The molecule has 3 heteroatoms. The van der Waals surface area contributed by atoms with Gasteiger partial charge >= 0.3 is 0 Å². The predicted octanol–water partition coefficient (Wildman–Crippen LogP) is 2.78. The molecule has 3 nitrogen and oxygen atoms in total. The molecule has 0 aliphatic carbocycles. The van der Waals surface area contributed by atoms with Crippen LogP contribution in [0, 0.1) is 0 Å². The van der Waals surface area contributed by atoms with Gasteiger partial charge in [0.2, 0.25) is 0 Å². The number of ketones is 1. The van der Waals surface area contributed by atoms with Gasteiger partial charge in [0.15, 0.2) is 5.78 Å². The fraction of sp³-hybridized carbons (Fsp3) is 0.533. The molecule has 18 heavy (non-hydrogen) atoms. The molecule has 1 aromatic rings. The van der Waals surface area contributed by atoms with Crippen LogP contribution in [0.1, 0.15) is 38.7 Å². The van der Waals surface area contributed by atoms with Gasteiger partial charge in [0.1, 0.15) is 0 Å². The van der Waals surface area contributed by atoms with E-state index in [0.29, 0.717) is 0 Å². The van der Waals surface area contributed by atoms with Crippen molar-refractivity contribution in [2.24, 2.45) is 0 Å². The zero-order chi connectivity index (χ0) is 13.1. The van der Waals surface area contributed by atoms with Crippen molar-refractivity contribution in [2.75, 3.05) is 17.2 Å². The van der Waals surface area contributed by atoms with Crippen LogP contribution in [-0.2, 0) is 11.2 Å². The van der Waals surface area contributed by atoms with Gasteiger partial charge in [0.25, 0.3) is 0 Å². The van der Waals surface area contributed by atoms with Crippen molar-refractivity contribution < 1.29 is 4.79 Å². The summed E-state index contributed by atoms with van der Waals surface area (Å²) in [4.78, 5) is 14.1. The van der Waals surface area contributed by atoms with Gasteiger partial charge in [0.05, 0.1) is 6.04 Å². The summed E-state index contributed by atoms with van der Waals surface area (Å²) in [6.45, 7) is 4.80. The number of nitrogens with two attached hydrogens (primary N) is 1. The van der Waals surface area contributed by atoms with Crippen molar-refractivity contribution >= 4 is 17.2 Å². The lowest BCUT2D eigenvalue weighted by molar-refractivity contribution is -0.118. The monoisotopic (exact) mass is 246 g/mol. The third-order valence-corrected chi connectivity index (χ3v) is 3.71. The average molecular weight is 246 g/mol. The Bertz CT molecular complexity index is 442. The molecular weight excluding hydrogens is 224 g/mol. The average Bonchev–Trinajstić information content (AvgIpc) is 2.72. The van der Waals surface area contributed by atoms with Gasteiger partial charge in [-0.05, 0) is 43.5 Å². The van der Waals surface area contributed by atoms with E-state index in [9.17, 15) is 4.79 Å². The van der Waals surface area contributed by atoms with E-state index in [1.54, 1.807) is 6.92 Å². The number of fused-ring (bicyclic) bond motifs is 1. The molecular formula is C15H22N2O. The Morgan fingerprint density at radius 1 is 1.50 bits per heavy atom. The second kappa shape index (κ2) is 5.42. The molecule has 0 aromatic heterocycles. The Hall–Kier alpha value is -1.51. The first-order valence-corrected chi connectivity index (χ1v) is 6.79. The van der Waals surface area contributed by atoms with Crippen LogP contribution >= 0.6 is 0 Å². The highest BCUT2D eigenvalue weighted by Gasteiger charge is 2.28. The predicted molar refractivity (Wildman–Crippen MR) is 75.9 cm³/mol. The van der Waals surface area contributed by atoms with Crippen LogP contribution in [0.3, 0.4) is 0 Å².